The smallest absolute Gasteiger partial charge is 0.407 e. The number of likely N-dealkylation sites (tertiary alicyclic amines) is 1. The number of carbonyl (C=O) groups is 1. The van der Waals surface area contributed by atoms with Gasteiger partial charge in [0.2, 0.25) is 0 Å². The number of hydrogen-bond acceptors (Lipinski definition) is 2. The van der Waals surface area contributed by atoms with E-state index in [2.05, 4.69) is 22.9 Å². The Labute approximate surface area is 145 Å². The van der Waals surface area contributed by atoms with Crippen LogP contribution in [0.5, 0.6) is 5.75 Å². The molecule has 0 unspecified atom stereocenters. The largest absolute Gasteiger partial charge is 0.493 e. The van der Waals surface area contributed by atoms with Gasteiger partial charge >= 0.3 is 6.09 Å². The molecule has 1 heterocycles. The van der Waals surface area contributed by atoms with Crippen LogP contribution >= 0.6 is 15.9 Å². The normalized spacial score (nSPS) is 23.2. The fourth-order valence-corrected chi connectivity index (χ4v) is 4.40. The van der Waals surface area contributed by atoms with E-state index in [0.29, 0.717) is 24.4 Å². The van der Waals surface area contributed by atoms with Crippen LogP contribution in [0.1, 0.15) is 37.7 Å². The van der Waals surface area contributed by atoms with Crippen LogP contribution in [0.4, 0.5) is 4.79 Å². The van der Waals surface area contributed by atoms with Crippen molar-refractivity contribution in [1.29, 1.82) is 0 Å². The topological polar surface area (TPSA) is 49.8 Å². The highest BCUT2D eigenvalue weighted by atomic mass is 79.9. The van der Waals surface area contributed by atoms with E-state index in [4.69, 9.17) is 9.84 Å². The Morgan fingerprint density at radius 3 is 2.83 bits per heavy atom. The van der Waals surface area contributed by atoms with Gasteiger partial charge in [-0.25, -0.2) is 4.79 Å². The molecular weight excluding hydrogens is 358 g/mol. The van der Waals surface area contributed by atoms with Crippen LogP contribution in [0.25, 0.3) is 0 Å². The third-order valence-corrected chi connectivity index (χ3v) is 6.45. The van der Waals surface area contributed by atoms with Crippen LogP contribution in [0, 0.1) is 18.3 Å². The number of nitrogens with zero attached hydrogens (tertiary/aromatic N) is 1. The summed E-state index contributed by atoms with van der Waals surface area (Å²) < 4.78 is 7.14. The summed E-state index contributed by atoms with van der Waals surface area (Å²) in [7, 11) is 0. The Hall–Kier alpha value is -1.23. The van der Waals surface area contributed by atoms with E-state index in [1.807, 2.05) is 18.2 Å². The first-order valence-corrected chi connectivity index (χ1v) is 9.14. The van der Waals surface area contributed by atoms with E-state index in [1.165, 1.54) is 19.3 Å². The fraction of sp³-hybridized carbons (Fsp3) is 0.611. The number of amides is 1. The van der Waals surface area contributed by atoms with Crippen molar-refractivity contribution in [3.63, 3.8) is 0 Å². The van der Waals surface area contributed by atoms with E-state index in [1.54, 1.807) is 4.90 Å². The highest BCUT2D eigenvalue weighted by Gasteiger charge is 2.42. The molecule has 1 aromatic rings. The minimum atomic E-state index is -0.775. The van der Waals surface area contributed by atoms with Crippen LogP contribution in [-0.2, 0) is 0 Å². The lowest BCUT2D eigenvalue weighted by Crippen LogP contribution is -2.41. The average Bonchev–Trinajstić information content (AvgIpc) is 2.92. The Morgan fingerprint density at radius 2 is 2.13 bits per heavy atom. The van der Waals surface area contributed by atoms with E-state index >= 15 is 0 Å². The van der Waals surface area contributed by atoms with Gasteiger partial charge in [0.15, 0.2) is 0 Å². The first-order chi connectivity index (χ1) is 11.0. The minimum absolute atomic E-state index is 0.353. The lowest BCUT2D eigenvalue weighted by atomic mass is 9.76. The van der Waals surface area contributed by atoms with Gasteiger partial charge in [-0.05, 0) is 62.5 Å². The molecule has 1 aliphatic carbocycles. The van der Waals surface area contributed by atoms with Gasteiger partial charge in [0.1, 0.15) is 5.75 Å². The molecule has 5 heteroatoms. The number of piperidine rings is 1. The molecule has 4 nitrogen and oxygen atoms in total. The van der Waals surface area contributed by atoms with Crippen molar-refractivity contribution >= 4 is 22.0 Å². The van der Waals surface area contributed by atoms with Crippen molar-refractivity contribution in [2.24, 2.45) is 11.3 Å². The second kappa shape index (κ2) is 6.71. The number of benzene rings is 1. The zero-order valence-corrected chi connectivity index (χ0v) is 15.1. The summed E-state index contributed by atoms with van der Waals surface area (Å²) in [5.74, 6) is 1.55. The molecule has 1 spiro atoms. The summed E-state index contributed by atoms with van der Waals surface area (Å²) in [6.45, 7) is 4.21. The minimum Gasteiger partial charge on any atom is -0.493 e. The van der Waals surface area contributed by atoms with Gasteiger partial charge in [-0.3, -0.25) is 0 Å². The Kier molecular flexibility index (Phi) is 4.85. The summed E-state index contributed by atoms with van der Waals surface area (Å²) in [5.41, 5.74) is 1.50. The van der Waals surface area contributed by atoms with Gasteiger partial charge in [0, 0.05) is 23.1 Å². The maximum atomic E-state index is 11.0. The average molecular weight is 382 g/mol. The number of halogens is 1. The molecule has 1 saturated heterocycles. The first kappa shape index (κ1) is 16.6. The van der Waals surface area contributed by atoms with Crippen LogP contribution in [0.3, 0.4) is 0 Å². The number of rotatable bonds is 3. The van der Waals surface area contributed by atoms with Gasteiger partial charge in [0.05, 0.1) is 6.61 Å². The monoisotopic (exact) mass is 381 g/mol. The van der Waals surface area contributed by atoms with E-state index in [9.17, 15) is 4.79 Å². The van der Waals surface area contributed by atoms with Crippen LogP contribution in [0.15, 0.2) is 22.7 Å². The standard InChI is InChI=1S/C18H24BrNO3/c1-13-15(19)3-2-4-16(13)23-12-14-5-6-18(11-14)7-9-20(10-8-18)17(21)22/h2-4,14H,5-12H2,1H3,(H,21,22)/t14-/m0/s1. The molecule has 1 N–H and O–H groups in total. The van der Waals surface area contributed by atoms with Crippen LogP contribution < -0.4 is 4.74 Å². The van der Waals surface area contributed by atoms with E-state index in [-0.39, 0.29) is 0 Å². The van der Waals surface area contributed by atoms with Crippen molar-refractivity contribution in [2.75, 3.05) is 19.7 Å². The molecule has 2 aliphatic rings. The Morgan fingerprint density at radius 1 is 1.39 bits per heavy atom. The molecule has 0 radical (unpaired) electrons. The summed E-state index contributed by atoms with van der Waals surface area (Å²) >= 11 is 3.54. The van der Waals surface area contributed by atoms with Gasteiger partial charge < -0.3 is 14.7 Å². The third kappa shape index (κ3) is 3.65. The highest BCUT2D eigenvalue weighted by molar-refractivity contribution is 9.10. The Balaban J connectivity index is 1.52. The van der Waals surface area contributed by atoms with E-state index in [0.717, 1.165) is 35.2 Å². The highest BCUT2D eigenvalue weighted by Crippen LogP contribution is 2.49. The number of carboxylic acid groups (broad SMARTS) is 1. The van der Waals surface area contributed by atoms with Gasteiger partial charge in [0.25, 0.3) is 0 Å². The number of ether oxygens (including phenoxy) is 1. The molecule has 0 aromatic heterocycles. The van der Waals surface area contributed by atoms with Crippen molar-refractivity contribution in [2.45, 2.75) is 39.0 Å². The molecule has 1 atom stereocenters. The van der Waals surface area contributed by atoms with Crippen molar-refractivity contribution in [1.82, 2.24) is 4.90 Å². The predicted molar refractivity (Wildman–Crippen MR) is 93.0 cm³/mol. The molecule has 0 bridgehead atoms. The maximum Gasteiger partial charge on any atom is 0.407 e. The molecule has 2 fully saturated rings. The third-order valence-electron chi connectivity index (χ3n) is 5.59. The summed E-state index contributed by atoms with van der Waals surface area (Å²) in [6.07, 6.45) is 4.82. The molecular formula is C18H24BrNO3. The fourth-order valence-electron chi connectivity index (χ4n) is 4.05. The molecule has 126 valence electrons. The molecule has 1 aromatic carbocycles. The van der Waals surface area contributed by atoms with Crippen molar-refractivity contribution < 1.29 is 14.6 Å². The summed E-state index contributed by atoms with van der Waals surface area (Å²) in [6, 6.07) is 6.06. The first-order valence-electron chi connectivity index (χ1n) is 8.35. The zero-order valence-electron chi connectivity index (χ0n) is 13.6. The summed E-state index contributed by atoms with van der Waals surface area (Å²) in [4.78, 5) is 12.6. The van der Waals surface area contributed by atoms with E-state index < -0.39 is 6.09 Å². The lowest BCUT2D eigenvalue weighted by Gasteiger charge is -2.38. The predicted octanol–water partition coefficient (Wildman–Crippen LogP) is 4.70. The molecule has 1 aliphatic heterocycles. The Bertz CT molecular complexity index is 582. The van der Waals surface area contributed by atoms with Gasteiger partial charge in [-0.2, -0.15) is 0 Å². The molecule has 3 rings (SSSR count). The molecule has 23 heavy (non-hydrogen) atoms. The second-order valence-corrected chi connectivity index (χ2v) is 7.91. The summed E-state index contributed by atoms with van der Waals surface area (Å²) in [5, 5.41) is 9.08. The number of hydrogen-bond donors (Lipinski definition) is 1. The second-order valence-electron chi connectivity index (χ2n) is 7.05. The zero-order chi connectivity index (χ0) is 16.4. The SMILES string of the molecule is Cc1c(Br)cccc1OC[C@H]1CCC2(CCN(C(=O)O)CC2)C1. The molecule has 1 saturated carbocycles. The van der Waals surface area contributed by atoms with Gasteiger partial charge in [-0.15, -0.1) is 0 Å². The molecule has 1 amide bonds. The maximum absolute atomic E-state index is 11.0. The quantitative estimate of drug-likeness (QED) is 0.825. The van der Waals surface area contributed by atoms with Crippen molar-refractivity contribution in [3.8, 4) is 5.75 Å². The lowest BCUT2D eigenvalue weighted by molar-refractivity contribution is 0.0879. The van der Waals surface area contributed by atoms with Crippen LogP contribution in [0.2, 0.25) is 0 Å². The van der Waals surface area contributed by atoms with Crippen LogP contribution in [-0.4, -0.2) is 35.8 Å². The van der Waals surface area contributed by atoms with Crippen molar-refractivity contribution in [3.05, 3.63) is 28.2 Å². The van der Waals surface area contributed by atoms with Gasteiger partial charge in [-0.1, -0.05) is 22.0 Å².